The van der Waals surface area contributed by atoms with Crippen molar-refractivity contribution in [3.05, 3.63) is 24.0 Å². The third-order valence-corrected chi connectivity index (χ3v) is 5.30. The van der Waals surface area contributed by atoms with Gasteiger partial charge in [-0.3, -0.25) is 23.2 Å². The molecule has 12 heteroatoms. The Balaban J connectivity index is 2.68. The van der Waals surface area contributed by atoms with Crippen LogP contribution in [-0.2, 0) is 45.8 Å². The van der Waals surface area contributed by atoms with Crippen molar-refractivity contribution in [2.24, 2.45) is 10.8 Å². The minimum absolute atomic E-state index is 0.158. The van der Waals surface area contributed by atoms with E-state index >= 15 is 0 Å². The monoisotopic (exact) mass is 461 g/mol. The molecule has 0 aliphatic heterocycles. The standard InChI is InChI=1S/C19H32N3O8P/c1-18(2,3)16(24)27-13-29-31(26,30-14-28-17(25)19(4,5)6)10-8-7-9-22-11-15(12-23)20-21-22/h7-8,11,23H,9-10,12-14H2,1-6H3/b8-7+. The lowest BCUT2D eigenvalue weighted by Gasteiger charge is -2.21. The number of hydrogen-bond acceptors (Lipinski definition) is 10. The van der Waals surface area contributed by atoms with Crippen molar-refractivity contribution in [2.75, 3.05) is 19.7 Å². The fourth-order valence-corrected chi connectivity index (χ4v) is 2.90. The molecule has 0 aliphatic rings. The van der Waals surface area contributed by atoms with E-state index in [9.17, 15) is 14.2 Å². The maximum atomic E-state index is 13.0. The zero-order valence-corrected chi connectivity index (χ0v) is 19.8. The molecule has 1 aromatic heterocycles. The highest BCUT2D eigenvalue weighted by atomic mass is 31.2. The summed E-state index contributed by atoms with van der Waals surface area (Å²) >= 11 is 0. The van der Waals surface area contributed by atoms with Crippen molar-refractivity contribution in [3.63, 3.8) is 0 Å². The minimum atomic E-state index is -3.78. The lowest BCUT2D eigenvalue weighted by atomic mass is 9.98. The van der Waals surface area contributed by atoms with E-state index in [2.05, 4.69) is 10.3 Å². The van der Waals surface area contributed by atoms with Gasteiger partial charge in [-0.25, -0.2) is 4.68 Å². The molecular formula is C19H32N3O8P. The van der Waals surface area contributed by atoms with Crippen molar-refractivity contribution in [3.8, 4) is 0 Å². The molecule has 1 heterocycles. The first-order chi connectivity index (χ1) is 14.3. The normalized spacial score (nSPS) is 12.9. The highest BCUT2D eigenvalue weighted by molar-refractivity contribution is 7.54. The number of aromatic nitrogens is 3. The summed E-state index contributed by atoms with van der Waals surface area (Å²) in [6.45, 7) is 8.98. The van der Waals surface area contributed by atoms with Gasteiger partial charge in [0.15, 0.2) is 0 Å². The molecule has 0 saturated heterocycles. The van der Waals surface area contributed by atoms with Gasteiger partial charge in [-0.2, -0.15) is 0 Å². The van der Waals surface area contributed by atoms with Gasteiger partial charge in [-0.05, 0) is 41.5 Å². The van der Waals surface area contributed by atoms with Crippen LogP contribution in [0.2, 0.25) is 0 Å². The molecule has 0 bridgehead atoms. The average Bonchev–Trinajstić information content (AvgIpc) is 3.11. The van der Waals surface area contributed by atoms with E-state index in [1.165, 1.54) is 10.8 Å². The average molecular weight is 461 g/mol. The smallest absolute Gasteiger partial charge is 0.340 e. The Morgan fingerprint density at radius 3 is 1.97 bits per heavy atom. The van der Waals surface area contributed by atoms with Gasteiger partial charge in [0.1, 0.15) is 5.69 Å². The van der Waals surface area contributed by atoms with Gasteiger partial charge in [0.2, 0.25) is 13.6 Å². The van der Waals surface area contributed by atoms with Gasteiger partial charge in [0.05, 0.1) is 36.3 Å². The van der Waals surface area contributed by atoms with Crippen LogP contribution in [0.25, 0.3) is 0 Å². The van der Waals surface area contributed by atoms with Crippen LogP contribution in [0.4, 0.5) is 0 Å². The molecule has 0 unspecified atom stereocenters. The summed E-state index contributed by atoms with van der Waals surface area (Å²) in [6, 6.07) is 0. The molecule has 0 atom stereocenters. The van der Waals surface area contributed by atoms with E-state index < -0.39 is 44.0 Å². The predicted molar refractivity (Wildman–Crippen MR) is 111 cm³/mol. The zero-order valence-electron chi connectivity index (χ0n) is 18.9. The molecule has 176 valence electrons. The second-order valence-corrected chi connectivity index (χ2v) is 10.8. The first kappa shape index (κ1) is 27.0. The number of hydrogen-bond donors (Lipinski definition) is 1. The summed E-state index contributed by atoms with van der Waals surface area (Å²) in [4.78, 5) is 23.7. The highest BCUT2D eigenvalue weighted by Crippen LogP contribution is 2.48. The van der Waals surface area contributed by atoms with Crippen LogP contribution in [0.3, 0.4) is 0 Å². The van der Waals surface area contributed by atoms with Crippen LogP contribution in [-0.4, -0.2) is 51.8 Å². The van der Waals surface area contributed by atoms with Crippen molar-refractivity contribution in [1.82, 2.24) is 15.0 Å². The Morgan fingerprint density at radius 2 is 1.55 bits per heavy atom. The predicted octanol–water partition coefficient (Wildman–Crippen LogP) is 2.65. The van der Waals surface area contributed by atoms with E-state index in [0.29, 0.717) is 12.2 Å². The molecule has 0 amide bonds. The largest absolute Gasteiger partial charge is 0.438 e. The number of ether oxygens (including phenoxy) is 2. The molecule has 31 heavy (non-hydrogen) atoms. The Hall–Kier alpha value is -2.07. The topological polar surface area (TPSA) is 139 Å². The van der Waals surface area contributed by atoms with Crippen LogP contribution in [0.5, 0.6) is 0 Å². The molecule has 0 saturated carbocycles. The van der Waals surface area contributed by atoms with Crippen molar-refractivity contribution in [1.29, 1.82) is 0 Å². The Kier molecular flexibility index (Phi) is 10.0. The summed E-state index contributed by atoms with van der Waals surface area (Å²) in [5.74, 6) is -1.06. The number of aliphatic hydroxyl groups is 1. The zero-order chi connectivity index (χ0) is 23.7. The Bertz CT molecular complexity index is 772. The van der Waals surface area contributed by atoms with E-state index in [-0.39, 0.29) is 12.8 Å². The van der Waals surface area contributed by atoms with Gasteiger partial charge in [-0.1, -0.05) is 17.4 Å². The number of carbonyl (C=O) groups is 2. The molecule has 0 aliphatic carbocycles. The molecule has 11 nitrogen and oxygen atoms in total. The Labute approximate surface area is 182 Å². The molecular weight excluding hydrogens is 429 g/mol. The van der Waals surface area contributed by atoms with E-state index in [1.807, 2.05) is 0 Å². The van der Waals surface area contributed by atoms with Crippen LogP contribution in [0, 0.1) is 10.8 Å². The molecule has 0 spiro atoms. The number of aliphatic hydroxyl groups excluding tert-OH is 1. The van der Waals surface area contributed by atoms with E-state index in [0.717, 1.165) is 0 Å². The molecule has 0 radical (unpaired) electrons. The van der Waals surface area contributed by atoms with E-state index in [1.54, 1.807) is 53.8 Å². The van der Waals surface area contributed by atoms with Gasteiger partial charge < -0.3 is 14.6 Å². The second kappa shape index (κ2) is 11.5. The van der Waals surface area contributed by atoms with Gasteiger partial charge in [-0.15, -0.1) is 5.10 Å². The molecule has 1 aromatic rings. The quantitative estimate of drug-likeness (QED) is 0.226. The number of esters is 2. The van der Waals surface area contributed by atoms with Crippen LogP contribution in [0.15, 0.2) is 18.3 Å². The maximum Gasteiger partial charge on any atom is 0.340 e. The number of allylic oxidation sites excluding steroid dienone is 2. The van der Waals surface area contributed by atoms with Gasteiger partial charge in [0, 0.05) is 0 Å². The van der Waals surface area contributed by atoms with Crippen molar-refractivity contribution >= 4 is 19.5 Å². The SMILES string of the molecule is CC(C)(C)C(=O)OCOP(=O)(C/C=C/Cn1cc(CO)nn1)OCOC(=O)C(C)(C)C. The number of rotatable bonds is 11. The van der Waals surface area contributed by atoms with Crippen LogP contribution < -0.4 is 0 Å². The molecule has 0 aromatic carbocycles. The van der Waals surface area contributed by atoms with Crippen LogP contribution in [0.1, 0.15) is 47.2 Å². The summed E-state index contributed by atoms with van der Waals surface area (Å²) < 4.78 is 34.9. The molecule has 1 N–H and O–H groups in total. The summed E-state index contributed by atoms with van der Waals surface area (Å²) in [6.07, 6.45) is 4.60. The summed E-state index contributed by atoms with van der Waals surface area (Å²) in [7, 11) is -3.78. The number of nitrogens with zero attached hydrogens (tertiary/aromatic N) is 3. The maximum absolute atomic E-state index is 13.0. The fraction of sp³-hybridized carbons (Fsp3) is 0.684. The minimum Gasteiger partial charge on any atom is -0.438 e. The summed E-state index contributed by atoms with van der Waals surface area (Å²) in [5, 5.41) is 16.6. The van der Waals surface area contributed by atoms with Crippen molar-refractivity contribution in [2.45, 2.75) is 54.7 Å². The first-order valence-corrected chi connectivity index (χ1v) is 11.4. The van der Waals surface area contributed by atoms with Crippen molar-refractivity contribution < 1.29 is 37.8 Å². The van der Waals surface area contributed by atoms with Gasteiger partial charge in [0.25, 0.3) is 0 Å². The lowest BCUT2D eigenvalue weighted by molar-refractivity contribution is -0.161. The second-order valence-electron chi connectivity index (χ2n) is 8.71. The summed E-state index contributed by atoms with van der Waals surface area (Å²) in [5.41, 5.74) is -1.07. The lowest BCUT2D eigenvalue weighted by Crippen LogP contribution is -2.25. The first-order valence-electron chi connectivity index (χ1n) is 9.64. The van der Waals surface area contributed by atoms with Gasteiger partial charge >= 0.3 is 19.5 Å². The fourth-order valence-electron chi connectivity index (χ4n) is 1.78. The highest BCUT2D eigenvalue weighted by Gasteiger charge is 2.29. The third-order valence-electron chi connectivity index (χ3n) is 3.64. The Morgan fingerprint density at radius 1 is 1.03 bits per heavy atom. The third kappa shape index (κ3) is 10.2. The molecule has 0 fully saturated rings. The van der Waals surface area contributed by atoms with E-state index in [4.69, 9.17) is 23.6 Å². The molecule has 1 rings (SSSR count). The number of carbonyl (C=O) groups excluding carboxylic acids is 2. The van der Waals surface area contributed by atoms with Crippen LogP contribution >= 0.6 is 7.60 Å².